The first kappa shape index (κ1) is 18.0. The molecule has 7 heteroatoms. The van der Waals surface area contributed by atoms with Crippen molar-refractivity contribution in [3.8, 4) is 0 Å². The van der Waals surface area contributed by atoms with E-state index in [4.69, 9.17) is 0 Å². The molecule has 0 spiro atoms. The van der Waals surface area contributed by atoms with Gasteiger partial charge < -0.3 is 4.90 Å². The Kier molecular flexibility index (Phi) is 4.63. The predicted molar refractivity (Wildman–Crippen MR) is 90.5 cm³/mol. The van der Waals surface area contributed by atoms with E-state index in [1.807, 2.05) is 4.90 Å². The Morgan fingerprint density at radius 3 is 2.07 bits per heavy atom. The molecule has 2 aliphatic rings. The Bertz CT molecular complexity index is 888. The third kappa shape index (κ3) is 3.20. The lowest BCUT2D eigenvalue weighted by molar-refractivity contribution is -0.129. The van der Waals surface area contributed by atoms with Crippen molar-refractivity contribution in [2.75, 3.05) is 6.54 Å². The maximum atomic E-state index is 14.0. The van der Waals surface area contributed by atoms with Crippen molar-refractivity contribution in [1.29, 1.82) is 0 Å². The van der Waals surface area contributed by atoms with Gasteiger partial charge in [0.05, 0.1) is 0 Å². The van der Waals surface area contributed by atoms with E-state index in [1.165, 1.54) is 24.3 Å². The Hall–Kier alpha value is -2.41. The van der Waals surface area contributed by atoms with Crippen LogP contribution in [-0.4, -0.2) is 34.3 Å². The zero-order valence-electron chi connectivity index (χ0n) is 14.5. The van der Waals surface area contributed by atoms with E-state index in [-0.39, 0.29) is 48.6 Å². The summed E-state index contributed by atoms with van der Waals surface area (Å²) >= 11 is 0. The quantitative estimate of drug-likeness (QED) is 0.759. The molecule has 2 saturated heterocycles. The fourth-order valence-corrected chi connectivity index (χ4v) is 4.15. The summed E-state index contributed by atoms with van der Waals surface area (Å²) in [4.78, 5) is 16.0. The second-order valence-electron chi connectivity index (χ2n) is 7.05. The summed E-state index contributed by atoms with van der Waals surface area (Å²) in [6.45, 7) is 0.840. The van der Waals surface area contributed by atoms with Crippen LogP contribution >= 0.6 is 0 Å². The highest BCUT2D eigenvalue weighted by atomic mass is 19.2. The van der Waals surface area contributed by atoms with Gasteiger partial charge in [-0.25, -0.2) is 17.6 Å². The number of carbonyl (C=O) groups excluding carboxylic acids is 1. The second kappa shape index (κ2) is 6.96. The molecule has 27 heavy (non-hydrogen) atoms. The zero-order chi connectivity index (χ0) is 19.1. The number of rotatable bonds is 4. The van der Waals surface area contributed by atoms with Gasteiger partial charge in [-0.3, -0.25) is 9.69 Å². The molecular formula is C20H18F4N2O. The van der Waals surface area contributed by atoms with Gasteiger partial charge in [0.2, 0.25) is 5.91 Å². The number of carbonyl (C=O) groups is 1. The molecule has 2 heterocycles. The summed E-state index contributed by atoms with van der Waals surface area (Å²) in [5.74, 6) is -3.79. The fraction of sp³-hybridized carbons (Fsp3) is 0.350. The summed E-state index contributed by atoms with van der Waals surface area (Å²) in [6.07, 6.45) is 0.892. The van der Waals surface area contributed by atoms with Crippen LogP contribution in [0.2, 0.25) is 0 Å². The maximum Gasteiger partial charge on any atom is 0.224 e. The summed E-state index contributed by atoms with van der Waals surface area (Å²) < 4.78 is 54.8. The number of hydrogen-bond acceptors (Lipinski definition) is 2. The van der Waals surface area contributed by atoms with E-state index in [0.29, 0.717) is 13.0 Å². The lowest BCUT2D eigenvalue weighted by atomic mass is 10.1. The van der Waals surface area contributed by atoms with E-state index in [1.54, 1.807) is 4.90 Å². The number of benzene rings is 2. The third-order valence-corrected chi connectivity index (χ3v) is 5.51. The van der Waals surface area contributed by atoms with Crippen LogP contribution in [0, 0.1) is 23.3 Å². The van der Waals surface area contributed by atoms with Gasteiger partial charge in [0.15, 0.2) is 23.3 Å². The van der Waals surface area contributed by atoms with Crippen molar-refractivity contribution in [2.24, 2.45) is 0 Å². The van der Waals surface area contributed by atoms with E-state index < -0.39 is 23.3 Å². The van der Waals surface area contributed by atoms with Crippen molar-refractivity contribution >= 4 is 5.91 Å². The van der Waals surface area contributed by atoms with Crippen LogP contribution in [0.25, 0.3) is 0 Å². The highest BCUT2D eigenvalue weighted by Gasteiger charge is 2.46. The first-order chi connectivity index (χ1) is 13.0. The minimum absolute atomic E-state index is 0.00571. The summed E-state index contributed by atoms with van der Waals surface area (Å²) in [5.41, 5.74) is 0.386. The van der Waals surface area contributed by atoms with E-state index in [9.17, 15) is 22.4 Å². The number of amides is 1. The number of halogens is 4. The molecule has 0 unspecified atom stereocenters. The smallest absolute Gasteiger partial charge is 0.224 e. The number of hydrogen-bond donors (Lipinski definition) is 0. The molecule has 2 aliphatic heterocycles. The van der Waals surface area contributed by atoms with Crippen molar-refractivity contribution in [2.45, 2.75) is 38.0 Å². The molecule has 3 nitrogen and oxygen atoms in total. The number of likely N-dealkylation sites (tertiary alicyclic amines) is 2. The van der Waals surface area contributed by atoms with Gasteiger partial charge in [0.25, 0.3) is 0 Å². The molecule has 0 aliphatic carbocycles. The normalized spacial score (nSPS) is 22.5. The Balaban J connectivity index is 1.51. The molecule has 4 rings (SSSR count). The van der Waals surface area contributed by atoms with Gasteiger partial charge in [0, 0.05) is 49.3 Å². The molecule has 0 saturated carbocycles. The molecule has 2 aromatic carbocycles. The van der Waals surface area contributed by atoms with Gasteiger partial charge in [-0.15, -0.1) is 0 Å². The molecule has 0 bridgehead atoms. The van der Waals surface area contributed by atoms with Crippen LogP contribution < -0.4 is 0 Å². The molecular weight excluding hydrogens is 360 g/mol. The van der Waals surface area contributed by atoms with Crippen molar-refractivity contribution < 1.29 is 22.4 Å². The third-order valence-electron chi connectivity index (χ3n) is 5.51. The molecule has 2 atom stereocenters. The van der Waals surface area contributed by atoms with Crippen molar-refractivity contribution in [1.82, 2.24) is 9.80 Å². The minimum atomic E-state index is -0.940. The first-order valence-corrected chi connectivity index (χ1v) is 8.85. The lowest BCUT2D eigenvalue weighted by Crippen LogP contribution is -2.37. The van der Waals surface area contributed by atoms with E-state index in [2.05, 4.69) is 0 Å². The molecule has 0 aromatic heterocycles. The predicted octanol–water partition coefficient (Wildman–Crippen LogP) is 3.62. The molecule has 1 amide bonds. The SMILES string of the molecule is O=C1C[C@H]2[C@H](CCN2Cc2cccc(F)c2F)N1Cc1cccc(F)c1F. The average Bonchev–Trinajstić information content (AvgIpc) is 3.16. The molecule has 0 radical (unpaired) electrons. The second-order valence-corrected chi connectivity index (χ2v) is 7.05. The first-order valence-electron chi connectivity index (χ1n) is 8.85. The Morgan fingerprint density at radius 1 is 0.852 bits per heavy atom. The summed E-state index contributed by atoms with van der Waals surface area (Å²) in [5, 5.41) is 0. The van der Waals surface area contributed by atoms with Gasteiger partial charge in [-0.1, -0.05) is 24.3 Å². The highest BCUT2D eigenvalue weighted by molar-refractivity contribution is 5.80. The number of fused-ring (bicyclic) bond motifs is 1. The monoisotopic (exact) mass is 378 g/mol. The van der Waals surface area contributed by atoms with Gasteiger partial charge in [-0.2, -0.15) is 0 Å². The van der Waals surface area contributed by atoms with Gasteiger partial charge >= 0.3 is 0 Å². The van der Waals surface area contributed by atoms with Crippen LogP contribution in [0.5, 0.6) is 0 Å². The Labute approximate surface area is 154 Å². The largest absolute Gasteiger partial charge is 0.334 e. The van der Waals surface area contributed by atoms with Crippen LogP contribution in [0.15, 0.2) is 36.4 Å². The fourth-order valence-electron chi connectivity index (χ4n) is 4.15. The van der Waals surface area contributed by atoms with Crippen molar-refractivity contribution in [3.05, 3.63) is 70.8 Å². The average molecular weight is 378 g/mol. The molecule has 0 N–H and O–H groups in total. The maximum absolute atomic E-state index is 14.0. The lowest BCUT2D eigenvalue weighted by Gasteiger charge is -2.26. The zero-order valence-corrected chi connectivity index (χ0v) is 14.5. The number of nitrogens with zero attached hydrogens (tertiary/aromatic N) is 2. The molecule has 2 fully saturated rings. The summed E-state index contributed by atoms with van der Waals surface area (Å²) in [6, 6.07) is 7.70. The molecule has 2 aromatic rings. The summed E-state index contributed by atoms with van der Waals surface area (Å²) in [7, 11) is 0. The Morgan fingerprint density at radius 2 is 1.44 bits per heavy atom. The van der Waals surface area contributed by atoms with Gasteiger partial charge in [-0.05, 0) is 18.6 Å². The van der Waals surface area contributed by atoms with Crippen LogP contribution in [-0.2, 0) is 17.9 Å². The topological polar surface area (TPSA) is 23.6 Å². The van der Waals surface area contributed by atoms with Crippen LogP contribution in [0.1, 0.15) is 24.0 Å². The van der Waals surface area contributed by atoms with Crippen LogP contribution in [0.4, 0.5) is 17.6 Å². The van der Waals surface area contributed by atoms with E-state index in [0.717, 1.165) is 12.1 Å². The standard InChI is InChI=1S/C20H18F4N2O/c21-14-5-1-3-12(19(14)23)10-25-8-7-16-17(25)9-18(27)26(16)11-13-4-2-6-15(22)20(13)24/h1-6,16-17H,7-11H2/t16-,17-/m0/s1. The van der Waals surface area contributed by atoms with Crippen molar-refractivity contribution in [3.63, 3.8) is 0 Å². The van der Waals surface area contributed by atoms with Gasteiger partial charge in [0.1, 0.15) is 0 Å². The van der Waals surface area contributed by atoms with Crippen LogP contribution in [0.3, 0.4) is 0 Å². The van der Waals surface area contributed by atoms with E-state index >= 15 is 0 Å². The molecule has 142 valence electrons. The minimum Gasteiger partial charge on any atom is -0.334 e. The highest BCUT2D eigenvalue weighted by Crippen LogP contribution is 2.35.